The molecule has 3 amide bonds. The molecule has 0 aliphatic rings. The normalized spacial score (nSPS) is 10.5. The van der Waals surface area contributed by atoms with Crippen LogP contribution in [0.1, 0.15) is 30.6 Å². The van der Waals surface area contributed by atoms with E-state index in [1.54, 1.807) is 55.6 Å². The number of carbonyl (C=O) groups excluding carboxylic acids is 3. The fourth-order valence-corrected chi connectivity index (χ4v) is 2.75. The van der Waals surface area contributed by atoms with Crippen LogP contribution >= 0.6 is 0 Å². The van der Waals surface area contributed by atoms with E-state index in [0.29, 0.717) is 42.2 Å². The van der Waals surface area contributed by atoms with Crippen LogP contribution in [-0.4, -0.2) is 44.5 Å². The van der Waals surface area contributed by atoms with Gasteiger partial charge in [0.1, 0.15) is 0 Å². The van der Waals surface area contributed by atoms with Crippen LogP contribution in [0.15, 0.2) is 48.5 Å². The number of anilines is 3. The van der Waals surface area contributed by atoms with Crippen molar-refractivity contribution in [3.05, 3.63) is 54.1 Å². The van der Waals surface area contributed by atoms with Crippen LogP contribution in [-0.2, 0) is 14.3 Å². The van der Waals surface area contributed by atoms with Gasteiger partial charge in [0.15, 0.2) is 0 Å². The molecule has 4 N–H and O–H groups in total. The lowest BCUT2D eigenvalue weighted by atomic mass is 10.1. The second-order valence-corrected chi connectivity index (χ2v) is 7.45. The highest BCUT2D eigenvalue weighted by molar-refractivity contribution is 5.96. The SMILES string of the molecule is COCCNC(=O)c1cccc(NCC(=O)Nc2ccc(NC(=O)CC(C)C)cc2)c1. The van der Waals surface area contributed by atoms with Crippen molar-refractivity contribution in [3.8, 4) is 0 Å². The van der Waals surface area contributed by atoms with E-state index in [0.717, 1.165) is 0 Å². The summed E-state index contributed by atoms with van der Waals surface area (Å²) in [5.74, 6) is -0.181. The summed E-state index contributed by atoms with van der Waals surface area (Å²) in [5.41, 5.74) is 2.47. The highest BCUT2D eigenvalue weighted by atomic mass is 16.5. The van der Waals surface area contributed by atoms with E-state index >= 15 is 0 Å². The first-order valence-electron chi connectivity index (χ1n) is 10.2. The molecule has 0 saturated carbocycles. The molecular weight excluding hydrogens is 396 g/mol. The molecule has 8 nitrogen and oxygen atoms in total. The maximum absolute atomic E-state index is 12.2. The number of amides is 3. The third-order valence-corrected chi connectivity index (χ3v) is 4.22. The zero-order valence-electron chi connectivity index (χ0n) is 18.2. The van der Waals surface area contributed by atoms with E-state index < -0.39 is 0 Å². The van der Waals surface area contributed by atoms with Gasteiger partial charge in [0.05, 0.1) is 13.2 Å². The third kappa shape index (κ3) is 8.88. The van der Waals surface area contributed by atoms with Gasteiger partial charge in [0, 0.05) is 42.7 Å². The highest BCUT2D eigenvalue weighted by Crippen LogP contribution is 2.15. The Balaban J connectivity index is 1.82. The summed E-state index contributed by atoms with van der Waals surface area (Å²) in [4.78, 5) is 36.1. The molecule has 0 spiro atoms. The molecule has 2 aromatic carbocycles. The minimum Gasteiger partial charge on any atom is -0.383 e. The Morgan fingerprint density at radius 3 is 2.16 bits per heavy atom. The monoisotopic (exact) mass is 426 g/mol. The predicted molar refractivity (Wildman–Crippen MR) is 122 cm³/mol. The van der Waals surface area contributed by atoms with Crippen molar-refractivity contribution < 1.29 is 19.1 Å². The molecule has 0 radical (unpaired) electrons. The number of hydrogen-bond acceptors (Lipinski definition) is 5. The molecule has 0 aliphatic carbocycles. The molecule has 0 fully saturated rings. The second kappa shape index (κ2) is 12.3. The van der Waals surface area contributed by atoms with Gasteiger partial charge >= 0.3 is 0 Å². The van der Waals surface area contributed by atoms with Crippen LogP contribution < -0.4 is 21.3 Å². The quantitative estimate of drug-likeness (QED) is 0.413. The average Bonchev–Trinajstić information content (AvgIpc) is 2.73. The molecule has 8 heteroatoms. The first kappa shape index (κ1) is 23.9. The van der Waals surface area contributed by atoms with E-state index in [1.807, 2.05) is 13.8 Å². The topological polar surface area (TPSA) is 109 Å². The summed E-state index contributed by atoms with van der Waals surface area (Å²) in [5, 5.41) is 11.4. The molecule has 0 atom stereocenters. The summed E-state index contributed by atoms with van der Waals surface area (Å²) in [6.07, 6.45) is 0.459. The third-order valence-electron chi connectivity index (χ3n) is 4.22. The van der Waals surface area contributed by atoms with E-state index in [1.165, 1.54) is 0 Å². The Kier molecular flexibility index (Phi) is 9.51. The van der Waals surface area contributed by atoms with Crippen molar-refractivity contribution in [3.63, 3.8) is 0 Å². The fraction of sp³-hybridized carbons (Fsp3) is 0.348. The van der Waals surface area contributed by atoms with Gasteiger partial charge in [-0.05, 0) is 48.4 Å². The molecule has 0 saturated heterocycles. The summed E-state index contributed by atoms with van der Waals surface area (Å²) < 4.78 is 4.91. The number of benzene rings is 2. The number of nitrogens with one attached hydrogen (secondary N) is 4. The van der Waals surface area contributed by atoms with Crippen molar-refractivity contribution in [2.75, 3.05) is 42.8 Å². The number of methoxy groups -OCH3 is 1. The van der Waals surface area contributed by atoms with E-state index in [9.17, 15) is 14.4 Å². The smallest absolute Gasteiger partial charge is 0.251 e. The van der Waals surface area contributed by atoms with E-state index in [-0.39, 0.29) is 30.2 Å². The van der Waals surface area contributed by atoms with Gasteiger partial charge in [0.25, 0.3) is 5.91 Å². The van der Waals surface area contributed by atoms with Gasteiger partial charge in [-0.3, -0.25) is 14.4 Å². The highest BCUT2D eigenvalue weighted by Gasteiger charge is 2.08. The Labute approximate surface area is 182 Å². The summed E-state index contributed by atoms with van der Waals surface area (Å²) in [6.45, 7) is 4.88. The van der Waals surface area contributed by atoms with Gasteiger partial charge in [-0.15, -0.1) is 0 Å². The largest absolute Gasteiger partial charge is 0.383 e. The van der Waals surface area contributed by atoms with Crippen molar-refractivity contribution in [2.45, 2.75) is 20.3 Å². The van der Waals surface area contributed by atoms with Crippen molar-refractivity contribution in [2.24, 2.45) is 5.92 Å². The predicted octanol–water partition coefficient (Wildman–Crippen LogP) is 3.10. The summed E-state index contributed by atoms with van der Waals surface area (Å²) in [7, 11) is 1.57. The standard InChI is InChI=1S/C23H30N4O4/c1-16(2)13-21(28)26-18-7-9-19(10-8-18)27-22(29)15-25-20-6-4-5-17(14-20)23(30)24-11-12-31-3/h4-10,14,16,25H,11-13,15H2,1-3H3,(H,24,30)(H,26,28)(H,27,29). The number of hydrogen-bond donors (Lipinski definition) is 4. The fourth-order valence-electron chi connectivity index (χ4n) is 2.75. The zero-order chi connectivity index (χ0) is 22.6. The molecule has 0 unspecified atom stereocenters. The first-order chi connectivity index (χ1) is 14.9. The molecule has 166 valence electrons. The second-order valence-electron chi connectivity index (χ2n) is 7.45. The number of ether oxygens (including phenoxy) is 1. The maximum atomic E-state index is 12.2. The summed E-state index contributed by atoms with van der Waals surface area (Å²) >= 11 is 0. The Morgan fingerprint density at radius 2 is 1.55 bits per heavy atom. The maximum Gasteiger partial charge on any atom is 0.251 e. The van der Waals surface area contributed by atoms with Crippen molar-refractivity contribution in [1.29, 1.82) is 0 Å². The van der Waals surface area contributed by atoms with Gasteiger partial charge in [-0.1, -0.05) is 19.9 Å². The minimum absolute atomic E-state index is 0.0365. The minimum atomic E-state index is -0.230. The molecule has 2 aromatic rings. The van der Waals surface area contributed by atoms with Crippen LogP contribution in [0.2, 0.25) is 0 Å². The molecule has 0 heterocycles. The Morgan fingerprint density at radius 1 is 0.903 bits per heavy atom. The molecule has 0 aromatic heterocycles. The molecular formula is C23H30N4O4. The lowest BCUT2D eigenvalue weighted by Crippen LogP contribution is -2.27. The van der Waals surface area contributed by atoms with Crippen LogP contribution in [0.25, 0.3) is 0 Å². The van der Waals surface area contributed by atoms with Crippen molar-refractivity contribution in [1.82, 2.24) is 5.32 Å². The van der Waals surface area contributed by atoms with Crippen LogP contribution in [0.3, 0.4) is 0 Å². The molecule has 0 aliphatic heterocycles. The van der Waals surface area contributed by atoms with Crippen LogP contribution in [0, 0.1) is 5.92 Å². The summed E-state index contributed by atoms with van der Waals surface area (Å²) in [6, 6.07) is 13.9. The van der Waals surface area contributed by atoms with Crippen LogP contribution in [0.4, 0.5) is 17.1 Å². The molecule has 0 bridgehead atoms. The molecule has 31 heavy (non-hydrogen) atoms. The van der Waals surface area contributed by atoms with Gasteiger partial charge < -0.3 is 26.0 Å². The lowest BCUT2D eigenvalue weighted by molar-refractivity contribution is -0.117. The van der Waals surface area contributed by atoms with E-state index in [2.05, 4.69) is 21.3 Å². The number of carbonyl (C=O) groups is 3. The lowest BCUT2D eigenvalue weighted by Gasteiger charge is -2.11. The Hall–Kier alpha value is -3.39. The van der Waals surface area contributed by atoms with Crippen molar-refractivity contribution >= 4 is 34.8 Å². The Bertz CT molecular complexity index is 881. The zero-order valence-corrected chi connectivity index (χ0v) is 18.2. The molecule has 2 rings (SSSR count). The van der Waals surface area contributed by atoms with Gasteiger partial charge in [-0.25, -0.2) is 0 Å². The van der Waals surface area contributed by atoms with Gasteiger partial charge in [-0.2, -0.15) is 0 Å². The first-order valence-corrected chi connectivity index (χ1v) is 10.2. The van der Waals surface area contributed by atoms with Crippen LogP contribution in [0.5, 0.6) is 0 Å². The van der Waals surface area contributed by atoms with E-state index in [4.69, 9.17) is 4.74 Å². The average molecular weight is 427 g/mol. The van der Waals surface area contributed by atoms with Gasteiger partial charge in [0.2, 0.25) is 11.8 Å². The number of rotatable bonds is 11.